The molecule has 20 atom stereocenters. The SMILES string of the molecule is C=C(C)[C@@H]1CC[C@]2(C(=O)NCCN)CC[C@]3(C)C(CC[C@@H]4[C@@]5(C)CCC(OC6OC[C@H](OC(C)=O)[C@H](OC(C)=O)[C@H]6O[C@@H]6O[C@@H](C)[C@H](OC(C)=O)[C@@H](OC(C)=O)[C@H]6OC(C)=O)[C@@](C)(COC(C)=O)[C@@H]5CC[C@]43C)[C@@H]12. The maximum atomic E-state index is 14.3. The Morgan fingerprint density at radius 2 is 1.24 bits per heavy atom. The predicted octanol–water partition coefficient (Wildman–Crippen LogP) is 5.79. The molecule has 0 bridgehead atoms. The summed E-state index contributed by atoms with van der Waals surface area (Å²) in [5.74, 6) is -3.05. The van der Waals surface area contributed by atoms with E-state index in [1.807, 2.05) is 0 Å². The first-order chi connectivity index (χ1) is 34.7. The van der Waals surface area contributed by atoms with Crippen LogP contribution in [-0.2, 0) is 80.9 Å². The normalized spacial score (nSPS) is 43.3. The maximum Gasteiger partial charge on any atom is 0.303 e. The summed E-state index contributed by atoms with van der Waals surface area (Å²) in [4.78, 5) is 90.3. The zero-order valence-electron chi connectivity index (χ0n) is 45.8. The van der Waals surface area contributed by atoms with Gasteiger partial charge >= 0.3 is 35.8 Å². The van der Waals surface area contributed by atoms with E-state index in [0.29, 0.717) is 25.4 Å². The monoisotopic (exact) mass is 1040 g/mol. The molecule has 5 aliphatic carbocycles. The van der Waals surface area contributed by atoms with E-state index in [4.69, 9.17) is 53.1 Å². The molecule has 0 aromatic rings. The average molecular weight is 1050 g/mol. The van der Waals surface area contributed by atoms with Gasteiger partial charge in [-0.1, -0.05) is 39.8 Å². The molecule has 7 aliphatic rings. The first-order valence-electron chi connectivity index (χ1n) is 26.9. The van der Waals surface area contributed by atoms with Crippen LogP contribution in [0.1, 0.15) is 147 Å². The summed E-state index contributed by atoms with van der Waals surface area (Å²) in [5, 5.41) is 3.22. The molecule has 19 nitrogen and oxygen atoms in total. The second-order valence-corrected chi connectivity index (χ2v) is 23.8. The Balaban J connectivity index is 1.24. The van der Waals surface area contributed by atoms with Gasteiger partial charge in [0.15, 0.2) is 49.2 Å². The van der Waals surface area contributed by atoms with Crippen molar-refractivity contribution in [2.75, 3.05) is 26.3 Å². The molecule has 0 aromatic heterocycles. The van der Waals surface area contributed by atoms with Crippen molar-refractivity contribution in [2.45, 2.75) is 209 Å². The number of carbonyl (C=O) groups excluding carboxylic acids is 7. The minimum Gasteiger partial charge on any atom is -0.465 e. The van der Waals surface area contributed by atoms with Crippen molar-refractivity contribution in [2.24, 2.45) is 62.4 Å². The van der Waals surface area contributed by atoms with E-state index >= 15 is 0 Å². The summed E-state index contributed by atoms with van der Waals surface area (Å²) >= 11 is 0. The molecular formula is C55H84N2O17. The van der Waals surface area contributed by atoms with Crippen molar-refractivity contribution in [3.63, 3.8) is 0 Å². The summed E-state index contributed by atoms with van der Waals surface area (Å²) < 4.78 is 61.1. The molecule has 2 saturated heterocycles. The average Bonchev–Trinajstić information content (AvgIpc) is 3.71. The second-order valence-electron chi connectivity index (χ2n) is 23.8. The lowest BCUT2D eigenvalue weighted by Crippen LogP contribution is -2.69. The highest BCUT2D eigenvalue weighted by Gasteiger charge is 2.73. The molecule has 7 fully saturated rings. The van der Waals surface area contributed by atoms with Crippen molar-refractivity contribution in [3.05, 3.63) is 12.2 Å². The first kappa shape index (κ1) is 57.5. The lowest BCUT2D eigenvalue weighted by atomic mass is 9.32. The molecule has 0 radical (unpaired) electrons. The van der Waals surface area contributed by atoms with Gasteiger partial charge in [-0.25, -0.2) is 0 Å². The third-order valence-electron chi connectivity index (χ3n) is 19.5. The molecule has 2 aliphatic heterocycles. The fourth-order valence-electron chi connectivity index (χ4n) is 16.4. The van der Waals surface area contributed by atoms with E-state index in [1.165, 1.54) is 27.7 Å². The highest BCUT2D eigenvalue weighted by atomic mass is 16.8. The van der Waals surface area contributed by atoms with Gasteiger partial charge in [0.1, 0.15) is 0 Å². The number of nitrogens with two attached hydrogens (primary N) is 1. The molecule has 2 heterocycles. The smallest absolute Gasteiger partial charge is 0.303 e. The Kier molecular flexibility index (Phi) is 17.1. The zero-order chi connectivity index (χ0) is 54.5. The number of allylic oxidation sites excluding steroid dienone is 1. The summed E-state index contributed by atoms with van der Waals surface area (Å²) in [7, 11) is 0. The number of carbonyl (C=O) groups is 7. The summed E-state index contributed by atoms with van der Waals surface area (Å²) in [6.07, 6.45) is -4.41. The molecular weight excluding hydrogens is 961 g/mol. The zero-order valence-corrected chi connectivity index (χ0v) is 45.8. The van der Waals surface area contributed by atoms with Gasteiger partial charge in [0.05, 0.1) is 30.8 Å². The van der Waals surface area contributed by atoms with Crippen LogP contribution in [0, 0.1) is 56.7 Å². The van der Waals surface area contributed by atoms with Crippen molar-refractivity contribution in [3.8, 4) is 0 Å². The number of ether oxygens (including phenoxy) is 10. The molecule has 3 unspecified atom stereocenters. The molecule has 7 rings (SSSR count). The number of esters is 6. The predicted molar refractivity (Wildman–Crippen MR) is 264 cm³/mol. The van der Waals surface area contributed by atoms with Crippen molar-refractivity contribution >= 4 is 41.7 Å². The second kappa shape index (κ2) is 22.1. The van der Waals surface area contributed by atoms with Crippen LogP contribution in [0.5, 0.6) is 0 Å². The Hall–Kier alpha value is -4.17. The van der Waals surface area contributed by atoms with E-state index in [1.54, 1.807) is 6.92 Å². The van der Waals surface area contributed by atoms with Crippen molar-refractivity contribution in [1.29, 1.82) is 0 Å². The van der Waals surface area contributed by atoms with Gasteiger partial charge in [-0.15, -0.1) is 0 Å². The molecule has 0 spiro atoms. The number of fused-ring (bicyclic) bond motifs is 7. The third-order valence-corrected chi connectivity index (χ3v) is 19.5. The quantitative estimate of drug-likeness (QED) is 0.0852. The molecule has 5 saturated carbocycles. The first-order valence-corrected chi connectivity index (χ1v) is 26.9. The Bertz CT molecular complexity index is 2170. The minimum atomic E-state index is -1.59. The highest BCUT2D eigenvalue weighted by Crippen LogP contribution is 2.77. The number of amides is 1. The molecule has 0 aromatic carbocycles. The molecule has 416 valence electrons. The topological polar surface area (TPSA) is 250 Å². The van der Waals surface area contributed by atoms with E-state index in [9.17, 15) is 33.6 Å². The Labute approximate surface area is 436 Å². The fourth-order valence-corrected chi connectivity index (χ4v) is 16.4. The van der Waals surface area contributed by atoms with Gasteiger partial charge < -0.3 is 58.4 Å². The van der Waals surface area contributed by atoms with Crippen molar-refractivity contribution < 1.29 is 80.9 Å². The van der Waals surface area contributed by atoms with Crippen LogP contribution in [0.25, 0.3) is 0 Å². The lowest BCUT2D eigenvalue weighted by molar-refractivity contribution is -0.367. The van der Waals surface area contributed by atoms with Crippen molar-refractivity contribution in [1.82, 2.24) is 5.32 Å². The summed E-state index contributed by atoms with van der Waals surface area (Å²) in [6, 6.07) is 0. The van der Waals surface area contributed by atoms with E-state index in [0.717, 1.165) is 77.2 Å². The number of nitrogens with one attached hydrogen (secondary N) is 1. The molecule has 3 N–H and O–H groups in total. The van der Waals surface area contributed by atoms with Gasteiger partial charge in [-0.2, -0.15) is 0 Å². The fraction of sp³-hybridized carbons (Fsp3) is 0.836. The largest absolute Gasteiger partial charge is 0.465 e. The standard InChI is InChI=1S/C55H84N2O17/c1-28(2)36-16-21-55(50(64)57-25-24-56)23-22-53(12)37(42(36)55)14-15-40-51(10)19-18-41(52(11,27-66-30(4)58)39(51)17-20-54(40,53)13)73-48-46(44(70-33(7)61)38(26-65-48)68-31(5)59)74-49-47(72-35(9)63)45(71-34(8)62)43(29(3)67-49)69-32(6)60/h29,36-49H,1,14-27,56H2,2-13H3,(H,57,64)/t29-,36-,37?,38-,39+,40+,41?,42+,43-,44-,45+,46+,47+,48?,49-,51-,52-,53+,54+,55-/m0/s1. The Morgan fingerprint density at radius 1 is 0.622 bits per heavy atom. The van der Waals surface area contributed by atoms with Gasteiger partial charge in [-0.05, 0) is 124 Å². The van der Waals surface area contributed by atoms with Gasteiger partial charge in [0.25, 0.3) is 0 Å². The third kappa shape index (κ3) is 10.5. The van der Waals surface area contributed by atoms with Crippen LogP contribution in [0.2, 0.25) is 0 Å². The van der Waals surface area contributed by atoms with Crippen LogP contribution in [0.3, 0.4) is 0 Å². The van der Waals surface area contributed by atoms with Crippen LogP contribution in [-0.4, -0.2) is 129 Å². The van der Waals surface area contributed by atoms with Crippen LogP contribution >= 0.6 is 0 Å². The van der Waals surface area contributed by atoms with Crippen LogP contribution < -0.4 is 11.1 Å². The molecule has 74 heavy (non-hydrogen) atoms. The highest BCUT2D eigenvalue weighted by molar-refractivity contribution is 5.84. The van der Waals surface area contributed by atoms with Gasteiger partial charge in [0, 0.05) is 60.0 Å². The van der Waals surface area contributed by atoms with Crippen LogP contribution in [0.4, 0.5) is 0 Å². The van der Waals surface area contributed by atoms with Gasteiger partial charge in [-0.3, -0.25) is 33.6 Å². The van der Waals surface area contributed by atoms with E-state index in [-0.39, 0.29) is 59.0 Å². The van der Waals surface area contributed by atoms with Crippen LogP contribution in [0.15, 0.2) is 12.2 Å². The lowest BCUT2D eigenvalue weighted by Gasteiger charge is -2.73. The molecule has 1 amide bonds. The van der Waals surface area contributed by atoms with E-state index < -0.39 is 108 Å². The Morgan fingerprint density at radius 3 is 1.85 bits per heavy atom. The minimum absolute atomic E-state index is 0.0229. The molecule has 19 heteroatoms. The maximum absolute atomic E-state index is 14.3. The van der Waals surface area contributed by atoms with E-state index in [2.05, 4.69) is 46.5 Å². The number of rotatable bonds is 15. The number of hydrogen-bond acceptors (Lipinski definition) is 18. The number of hydrogen-bond donors (Lipinski definition) is 2. The summed E-state index contributed by atoms with van der Waals surface area (Å²) in [6.45, 7) is 25.5. The summed E-state index contributed by atoms with van der Waals surface area (Å²) in [5.41, 5.74) is 5.35. The van der Waals surface area contributed by atoms with Gasteiger partial charge in [0.2, 0.25) is 5.91 Å².